The van der Waals surface area contributed by atoms with E-state index in [9.17, 15) is 72.5 Å². The normalized spacial score (nSPS) is 13.2. The van der Waals surface area contributed by atoms with Gasteiger partial charge in [0.1, 0.15) is 0 Å². The summed E-state index contributed by atoms with van der Waals surface area (Å²) in [6.07, 6.45) is -23.9. The Hall–Kier alpha value is -2.13. The molecule has 0 aromatic carbocycles. The first-order valence-electron chi connectivity index (χ1n) is 5.57. The first-order chi connectivity index (χ1) is 12.5. The molecule has 0 saturated carbocycles. The van der Waals surface area contributed by atoms with Crippen molar-refractivity contribution in [2.75, 3.05) is 0 Å². The van der Waals surface area contributed by atoms with E-state index in [0.29, 0.717) is 0 Å². The molecular weight excluding hydrogens is 540 g/mol. The predicted octanol–water partition coefficient (Wildman–Crippen LogP) is 1.61. The van der Waals surface area contributed by atoms with Crippen LogP contribution in [0.5, 0.6) is 0 Å². The zero-order valence-electron chi connectivity index (χ0n) is 12.5. The molecule has 19 heteroatoms. The molecule has 0 aliphatic heterocycles. The van der Waals surface area contributed by atoms with Gasteiger partial charge in [0.2, 0.25) is 0 Å². The van der Waals surface area contributed by atoms with E-state index in [1.54, 1.807) is 0 Å². The van der Waals surface area contributed by atoms with Crippen molar-refractivity contribution in [3.63, 3.8) is 0 Å². The maximum atomic E-state index is 11.3. The van der Waals surface area contributed by atoms with Gasteiger partial charge in [-0.05, 0) is 23.7 Å². The number of alkyl halides is 12. The van der Waals surface area contributed by atoms with Gasteiger partial charge in [-0.15, -0.1) is 0 Å². The summed E-state index contributed by atoms with van der Waals surface area (Å²) in [5.74, 6) is -11.3. The third kappa shape index (κ3) is 16.5. The number of hydrogen-bond donors (Lipinski definition) is 0. The van der Waals surface area contributed by atoms with Gasteiger partial charge in [0.05, 0.1) is 0 Å². The van der Waals surface area contributed by atoms with Crippen LogP contribution in [0.15, 0.2) is 23.7 Å². The van der Waals surface area contributed by atoms with Gasteiger partial charge in [-0.1, -0.05) is 0 Å². The second-order valence-electron chi connectivity index (χ2n) is 3.80. The van der Waals surface area contributed by atoms with Crippen molar-refractivity contribution in [3.8, 4) is 0 Å². The summed E-state index contributed by atoms with van der Waals surface area (Å²) in [4.78, 5) is 19.6. The molecule has 0 radical (unpaired) electrons. The van der Waals surface area contributed by atoms with Gasteiger partial charge >= 0.3 is 50.0 Å². The van der Waals surface area contributed by atoms with Crippen LogP contribution in [-0.2, 0) is 34.9 Å². The van der Waals surface area contributed by atoms with Crippen molar-refractivity contribution in [2.45, 2.75) is 24.7 Å². The Morgan fingerprint density at radius 3 is 0.828 bits per heavy atom. The summed E-state index contributed by atoms with van der Waals surface area (Å²) >= 11 is -2.03. The number of allylic oxidation sites excluding steroid dienone is 4. The van der Waals surface area contributed by atoms with Crippen LogP contribution in [0.1, 0.15) is 0 Å². The molecule has 0 fully saturated rings. The fourth-order valence-corrected chi connectivity index (χ4v) is 0.565. The van der Waals surface area contributed by atoms with E-state index >= 15 is 0 Å². The molecule has 168 valence electrons. The minimum atomic E-state index is -5.46. The first kappa shape index (κ1) is 31.6. The Morgan fingerprint density at radius 2 is 0.724 bits per heavy atom. The van der Waals surface area contributed by atoms with Crippen molar-refractivity contribution < 1.29 is 97.8 Å². The summed E-state index contributed by atoms with van der Waals surface area (Å²) in [5.41, 5.74) is 0. The number of rotatable bonds is 2. The summed E-state index contributed by atoms with van der Waals surface area (Å²) in [5, 5.41) is 19.6. The molecule has 0 spiro atoms. The minimum absolute atomic E-state index is 1.03. The van der Waals surface area contributed by atoms with Crippen LogP contribution < -0.4 is 10.2 Å². The molecule has 0 aliphatic carbocycles. The van der Waals surface area contributed by atoms with Crippen molar-refractivity contribution in [2.24, 2.45) is 0 Å². The standard InChI is InChI=1S/2C5H2F6O2.Mo.2O/c2*6-4(7,8)2(12)1-3(13)5(9,10)11;;;/h2*1,12H;;;/q;;+2;;/p-2/b2*2-1-;;;. The van der Waals surface area contributed by atoms with Crippen molar-refractivity contribution >= 4 is 11.6 Å². The topological polar surface area (TPSA) is 114 Å². The molecule has 0 unspecified atom stereocenters. The molecule has 6 nitrogen and oxygen atoms in total. The summed E-state index contributed by atoms with van der Waals surface area (Å²) in [6.45, 7) is 0. The molecular formula is C10H2F12MoO6. The number of carbonyl (C=O) groups excluding carboxylic acids is 2. The van der Waals surface area contributed by atoms with Crippen LogP contribution in [0, 0.1) is 0 Å². The van der Waals surface area contributed by atoms with Crippen molar-refractivity contribution in [3.05, 3.63) is 23.7 Å². The molecule has 0 amide bonds. The summed E-state index contributed by atoms with van der Waals surface area (Å²) in [7, 11) is 0. The van der Waals surface area contributed by atoms with Gasteiger partial charge in [-0.2, -0.15) is 52.7 Å². The van der Waals surface area contributed by atoms with Gasteiger partial charge in [-0.3, -0.25) is 9.59 Å². The number of ketones is 2. The Bertz CT molecular complexity index is 609. The fraction of sp³-hybridized carbons (Fsp3) is 0.400. The molecule has 0 aromatic rings. The summed E-state index contributed by atoms with van der Waals surface area (Å²) in [6, 6.07) is 0. The van der Waals surface area contributed by atoms with Crippen LogP contribution in [0.4, 0.5) is 52.7 Å². The number of halogens is 12. The van der Waals surface area contributed by atoms with Crippen LogP contribution in [0.25, 0.3) is 0 Å². The zero-order chi connectivity index (χ0) is 24.4. The molecule has 0 atom stereocenters. The monoisotopic (exact) mass is 544 g/mol. The number of carbonyl (C=O) groups is 2. The van der Waals surface area contributed by atoms with E-state index in [2.05, 4.69) is 0 Å². The van der Waals surface area contributed by atoms with E-state index in [1.165, 1.54) is 0 Å². The SMILES string of the molecule is O=C(/C=C(\[O-])C(F)(F)F)C(F)(F)F.O=C(/C=C(\[O-])C(F)(F)F)C(F)(F)F.[O]=[Mo+2]=[O]. The van der Waals surface area contributed by atoms with E-state index in [0.717, 1.165) is 0 Å². The average Bonchev–Trinajstić information content (AvgIpc) is 2.44. The molecule has 0 aliphatic rings. The molecule has 29 heavy (non-hydrogen) atoms. The fourth-order valence-electron chi connectivity index (χ4n) is 0.565. The molecule has 0 saturated heterocycles. The number of hydrogen-bond acceptors (Lipinski definition) is 6. The quantitative estimate of drug-likeness (QED) is 0.227. The Morgan fingerprint density at radius 1 is 0.552 bits per heavy atom. The summed E-state index contributed by atoms with van der Waals surface area (Å²) < 4.78 is 153. The zero-order valence-corrected chi connectivity index (χ0v) is 14.6. The molecule has 0 rings (SSSR count). The van der Waals surface area contributed by atoms with Crippen molar-refractivity contribution in [1.29, 1.82) is 0 Å². The van der Waals surface area contributed by atoms with Crippen LogP contribution in [0.3, 0.4) is 0 Å². The van der Waals surface area contributed by atoms with Gasteiger partial charge in [0, 0.05) is 0 Å². The van der Waals surface area contributed by atoms with E-state index in [1.807, 2.05) is 0 Å². The van der Waals surface area contributed by atoms with Gasteiger partial charge in [0.15, 0.2) is 0 Å². The molecule has 0 aromatic heterocycles. The van der Waals surface area contributed by atoms with E-state index in [-0.39, 0.29) is 0 Å². The Labute approximate surface area is 158 Å². The predicted molar refractivity (Wildman–Crippen MR) is 51.8 cm³/mol. The van der Waals surface area contributed by atoms with E-state index in [4.69, 9.17) is 6.80 Å². The Balaban J connectivity index is -0.000000410. The third-order valence-corrected chi connectivity index (χ3v) is 1.64. The van der Waals surface area contributed by atoms with E-state index < -0.39 is 78.4 Å². The third-order valence-electron chi connectivity index (χ3n) is 1.64. The van der Waals surface area contributed by atoms with Gasteiger partial charge in [-0.25, -0.2) is 0 Å². The average molecular weight is 542 g/mol. The second-order valence-corrected chi connectivity index (χ2v) is 4.14. The van der Waals surface area contributed by atoms with Crippen molar-refractivity contribution in [1.82, 2.24) is 0 Å². The molecule has 0 heterocycles. The van der Waals surface area contributed by atoms with Gasteiger partial charge in [0.25, 0.3) is 11.6 Å². The van der Waals surface area contributed by atoms with Crippen LogP contribution >= 0.6 is 0 Å². The maximum absolute atomic E-state index is 11.3. The second kappa shape index (κ2) is 11.8. The molecule has 0 bridgehead atoms. The van der Waals surface area contributed by atoms with Crippen LogP contribution in [-0.4, -0.2) is 36.3 Å². The Kier molecular flexibility index (Phi) is 12.8. The van der Waals surface area contributed by atoms with Gasteiger partial charge < -0.3 is 10.2 Å². The molecule has 0 N–H and O–H groups in total. The first-order valence-corrected chi connectivity index (χ1v) is 7.21. The van der Waals surface area contributed by atoms with Crippen LogP contribution in [0.2, 0.25) is 0 Å².